The Morgan fingerprint density at radius 3 is 2.61 bits per heavy atom. The van der Waals surface area contributed by atoms with Crippen LogP contribution in [0.4, 0.5) is 5.95 Å². The summed E-state index contributed by atoms with van der Waals surface area (Å²) in [5.74, 6) is 1.34. The quantitative estimate of drug-likeness (QED) is 0.628. The largest absolute Gasteiger partial charge is 0.370 e. The van der Waals surface area contributed by atoms with Gasteiger partial charge in [0, 0.05) is 38.6 Å². The highest BCUT2D eigenvalue weighted by molar-refractivity contribution is 9.11. The normalized spacial score (nSPS) is 16.0. The van der Waals surface area contributed by atoms with Gasteiger partial charge in [-0.3, -0.25) is 0 Å². The van der Waals surface area contributed by atoms with E-state index < -0.39 is 0 Å². The van der Waals surface area contributed by atoms with E-state index in [0.717, 1.165) is 46.6 Å². The highest BCUT2D eigenvalue weighted by Crippen LogP contribution is 2.24. The lowest BCUT2D eigenvalue weighted by atomic mass is 10.3. The van der Waals surface area contributed by atoms with Crippen molar-refractivity contribution in [1.82, 2.24) is 19.9 Å². The number of hydrogen-bond acceptors (Lipinski definition) is 6. The van der Waals surface area contributed by atoms with Crippen molar-refractivity contribution >= 4 is 39.2 Å². The molecule has 1 fully saturated rings. The van der Waals surface area contributed by atoms with Crippen LogP contribution >= 0.6 is 27.3 Å². The van der Waals surface area contributed by atoms with Gasteiger partial charge in [-0.1, -0.05) is 0 Å². The number of thiazole rings is 1. The number of piperazine rings is 1. The van der Waals surface area contributed by atoms with E-state index >= 15 is 0 Å². The predicted octanol–water partition coefficient (Wildman–Crippen LogP) is 1.64. The summed E-state index contributed by atoms with van der Waals surface area (Å²) in [5, 5.41) is 0.966. The number of hydrogen-bond donors (Lipinski definition) is 1. The molecule has 0 spiro atoms. The van der Waals surface area contributed by atoms with Gasteiger partial charge in [0.2, 0.25) is 5.95 Å². The number of aromatic nitrogens is 3. The Kier molecular flexibility index (Phi) is 5.06. The fourth-order valence-electron chi connectivity index (χ4n) is 2.34. The molecular weight excluding hydrogens is 378 g/mol. The molecule has 122 valence electrons. The molecular formula is C14H18BrN7S. The summed E-state index contributed by atoms with van der Waals surface area (Å²) in [4.78, 5) is 21.7. The number of nitrogens with zero attached hydrogens (tertiary/aromatic N) is 6. The van der Waals surface area contributed by atoms with Crippen molar-refractivity contribution in [3.8, 4) is 0 Å². The third-order valence-electron chi connectivity index (χ3n) is 3.60. The second-order valence-electron chi connectivity index (χ2n) is 5.16. The summed E-state index contributed by atoms with van der Waals surface area (Å²) >= 11 is 5.08. The molecule has 0 unspecified atom stereocenters. The average molecular weight is 396 g/mol. The third kappa shape index (κ3) is 3.97. The van der Waals surface area contributed by atoms with E-state index in [4.69, 9.17) is 5.73 Å². The van der Waals surface area contributed by atoms with Gasteiger partial charge in [0.05, 0.1) is 16.0 Å². The first-order valence-corrected chi connectivity index (χ1v) is 8.93. The van der Waals surface area contributed by atoms with Crippen LogP contribution in [0, 0.1) is 6.92 Å². The highest BCUT2D eigenvalue weighted by Gasteiger charge is 2.19. The molecule has 23 heavy (non-hydrogen) atoms. The van der Waals surface area contributed by atoms with Gasteiger partial charge in [0.15, 0.2) is 5.96 Å². The zero-order chi connectivity index (χ0) is 16.2. The van der Waals surface area contributed by atoms with Crippen LogP contribution in [0.2, 0.25) is 0 Å². The lowest BCUT2D eigenvalue weighted by Crippen LogP contribution is -2.51. The molecule has 0 aromatic carbocycles. The Balaban J connectivity index is 1.55. The summed E-state index contributed by atoms with van der Waals surface area (Å²) in [6.07, 6.45) is 3.53. The van der Waals surface area contributed by atoms with Crippen molar-refractivity contribution in [2.24, 2.45) is 10.7 Å². The maximum Gasteiger partial charge on any atom is 0.225 e. The van der Waals surface area contributed by atoms with Gasteiger partial charge < -0.3 is 15.5 Å². The first-order chi connectivity index (χ1) is 11.1. The summed E-state index contributed by atoms with van der Waals surface area (Å²) in [6, 6.07) is 1.82. The van der Waals surface area contributed by atoms with E-state index in [1.807, 2.05) is 13.0 Å². The summed E-state index contributed by atoms with van der Waals surface area (Å²) in [7, 11) is 0. The molecule has 1 aliphatic rings. The van der Waals surface area contributed by atoms with Crippen molar-refractivity contribution in [2.45, 2.75) is 13.5 Å². The van der Waals surface area contributed by atoms with Crippen molar-refractivity contribution in [3.63, 3.8) is 0 Å². The maximum absolute atomic E-state index is 6.12. The SMILES string of the molecule is Cc1nc(CN=C(N)N2CCN(c3ncccn3)CC2)sc1Br. The number of aliphatic imine (C=N–C) groups is 1. The predicted molar refractivity (Wildman–Crippen MR) is 95.7 cm³/mol. The van der Waals surface area contributed by atoms with Gasteiger partial charge in [-0.05, 0) is 28.9 Å². The minimum absolute atomic E-state index is 0.519. The number of guanidine groups is 1. The Morgan fingerprint density at radius 2 is 2.00 bits per heavy atom. The molecule has 3 heterocycles. The molecule has 2 aromatic rings. The second kappa shape index (κ2) is 7.22. The molecule has 2 aromatic heterocycles. The zero-order valence-electron chi connectivity index (χ0n) is 12.8. The maximum atomic E-state index is 6.12. The standard InChI is InChI=1S/C14H18BrN7S/c1-10-12(15)23-11(20-10)9-19-13(16)21-5-7-22(8-6-21)14-17-3-2-4-18-14/h2-4H,5-9H2,1H3,(H2,16,19). The van der Waals surface area contributed by atoms with Gasteiger partial charge in [-0.15, -0.1) is 11.3 Å². The number of rotatable bonds is 3. The first kappa shape index (κ1) is 16.1. The topological polar surface area (TPSA) is 83.5 Å². The minimum atomic E-state index is 0.519. The van der Waals surface area contributed by atoms with E-state index in [0.29, 0.717) is 12.5 Å². The summed E-state index contributed by atoms with van der Waals surface area (Å²) < 4.78 is 1.05. The smallest absolute Gasteiger partial charge is 0.225 e. The number of anilines is 1. The van der Waals surface area contributed by atoms with Crippen LogP contribution in [-0.2, 0) is 6.54 Å². The summed E-state index contributed by atoms with van der Waals surface area (Å²) in [6.45, 7) is 5.79. The van der Waals surface area contributed by atoms with E-state index in [2.05, 4.69) is 45.7 Å². The fourth-order valence-corrected chi connectivity index (χ4v) is 3.70. The lowest BCUT2D eigenvalue weighted by molar-refractivity contribution is 0.378. The Bertz CT molecular complexity index is 660. The van der Waals surface area contributed by atoms with Crippen LogP contribution in [-0.4, -0.2) is 52.0 Å². The molecule has 0 aliphatic carbocycles. The summed E-state index contributed by atoms with van der Waals surface area (Å²) in [5.41, 5.74) is 7.11. The van der Waals surface area contributed by atoms with Crippen LogP contribution in [0.15, 0.2) is 27.2 Å². The van der Waals surface area contributed by atoms with E-state index in [-0.39, 0.29) is 0 Å². The van der Waals surface area contributed by atoms with Crippen LogP contribution in [0.3, 0.4) is 0 Å². The molecule has 1 saturated heterocycles. The van der Waals surface area contributed by atoms with Crippen molar-refractivity contribution in [1.29, 1.82) is 0 Å². The molecule has 9 heteroatoms. The van der Waals surface area contributed by atoms with Crippen LogP contribution in [0.25, 0.3) is 0 Å². The van der Waals surface area contributed by atoms with E-state index in [1.165, 1.54) is 0 Å². The van der Waals surface area contributed by atoms with Gasteiger partial charge in [0.1, 0.15) is 5.01 Å². The van der Waals surface area contributed by atoms with Gasteiger partial charge in [-0.2, -0.15) is 0 Å². The van der Waals surface area contributed by atoms with Gasteiger partial charge >= 0.3 is 0 Å². The van der Waals surface area contributed by atoms with Crippen molar-refractivity contribution in [2.75, 3.05) is 31.1 Å². The second-order valence-corrected chi connectivity index (χ2v) is 7.57. The molecule has 7 nitrogen and oxygen atoms in total. The Morgan fingerprint density at radius 1 is 1.30 bits per heavy atom. The molecule has 2 N–H and O–H groups in total. The van der Waals surface area contributed by atoms with E-state index in [9.17, 15) is 0 Å². The molecule has 0 saturated carbocycles. The monoisotopic (exact) mass is 395 g/mol. The van der Waals surface area contributed by atoms with Crippen LogP contribution in [0.5, 0.6) is 0 Å². The number of halogens is 1. The molecule has 3 rings (SSSR count). The number of aryl methyl sites for hydroxylation is 1. The molecule has 1 aliphatic heterocycles. The Hall–Kier alpha value is -1.74. The van der Waals surface area contributed by atoms with Gasteiger partial charge in [-0.25, -0.2) is 19.9 Å². The lowest BCUT2D eigenvalue weighted by Gasteiger charge is -2.35. The highest BCUT2D eigenvalue weighted by atomic mass is 79.9. The molecule has 0 amide bonds. The van der Waals surface area contributed by atoms with Gasteiger partial charge in [0.25, 0.3) is 0 Å². The fraction of sp³-hybridized carbons (Fsp3) is 0.429. The zero-order valence-corrected chi connectivity index (χ0v) is 15.2. The molecule has 0 atom stereocenters. The number of nitrogens with two attached hydrogens (primary N) is 1. The van der Waals surface area contributed by atoms with Crippen LogP contribution < -0.4 is 10.6 Å². The van der Waals surface area contributed by atoms with Crippen molar-refractivity contribution < 1.29 is 0 Å². The Labute approximate surface area is 147 Å². The van der Waals surface area contributed by atoms with Crippen molar-refractivity contribution in [3.05, 3.63) is 32.9 Å². The molecule has 0 radical (unpaired) electrons. The third-order valence-corrected chi connectivity index (χ3v) is 5.59. The minimum Gasteiger partial charge on any atom is -0.370 e. The first-order valence-electron chi connectivity index (χ1n) is 7.32. The average Bonchev–Trinajstić information content (AvgIpc) is 2.92. The molecule has 0 bridgehead atoms. The van der Waals surface area contributed by atoms with Crippen LogP contribution in [0.1, 0.15) is 10.7 Å². The van der Waals surface area contributed by atoms with E-state index in [1.54, 1.807) is 23.7 Å².